The van der Waals surface area contributed by atoms with Crippen molar-refractivity contribution in [3.05, 3.63) is 22.4 Å². The molecule has 0 fully saturated rings. The topological polar surface area (TPSA) is 50.4 Å². The lowest BCUT2D eigenvalue weighted by Crippen LogP contribution is -2.37. The van der Waals surface area contributed by atoms with E-state index in [4.69, 9.17) is 5.73 Å². The molecule has 0 saturated carbocycles. The molecule has 0 saturated heterocycles. The lowest BCUT2D eigenvalue weighted by molar-refractivity contribution is 0.549. The van der Waals surface area contributed by atoms with Gasteiger partial charge >= 0.3 is 0 Å². The SMILES string of the molecule is CC(C)NC(N)=NCC(C)(C)c1cccs1. The fraction of sp³-hybridized carbons (Fsp3) is 0.583. The molecule has 1 rings (SSSR count). The van der Waals surface area contributed by atoms with Crippen LogP contribution in [0.3, 0.4) is 0 Å². The molecule has 0 aliphatic rings. The van der Waals surface area contributed by atoms with E-state index in [1.54, 1.807) is 11.3 Å². The Hall–Kier alpha value is -1.03. The Bertz CT molecular complexity index is 339. The molecule has 16 heavy (non-hydrogen) atoms. The van der Waals surface area contributed by atoms with Gasteiger partial charge in [0.1, 0.15) is 0 Å². The lowest BCUT2D eigenvalue weighted by Gasteiger charge is -2.21. The molecule has 0 atom stereocenters. The third-order valence-corrected chi connectivity index (χ3v) is 3.51. The van der Waals surface area contributed by atoms with Gasteiger partial charge in [-0.25, -0.2) is 0 Å². The van der Waals surface area contributed by atoms with Gasteiger partial charge in [0.15, 0.2) is 5.96 Å². The molecule has 0 amide bonds. The molecule has 3 N–H and O–H groups in total. The third-order valence-electron chi connectivity index (χ3n) is 2.27. The zero-order chi connectivity index (χ0) is 12.2. The average Bonchev–Trinajstić information content (AvgIpc) is 2.67. The molecule has 0 bridgehead atoms. The number of rotatable bonds is 4. The van der Waals surface area contributed by atoms with Crippen molar-refractivity contribution in [3.8, 4) is 0 Å². The summed E-state index contributed by atoms with van der Waals surface area (Å²) in [6.45, 7) is 9.18. The Morgan fingerprint density at radius 1 is 1.56 bits per heavy atom. The van der Waals surface area contributed by atoms with E-state index in [9.17, 15) is 0 Å². The van der Waals surface area contributed by atoms with Gasteiger partial charge in [0.2, 0.25) is 0 Å². The van der Waals surface area contributed by atoms with Crippen molar-refractivity contribution in [2.75, 3.05) is 6.54 Å². The fourth-order valence-electron chi connectivity index (χ4n) is 1.37. The molecule has 0 spiro atoms. The van der Waals surface area contributed by atoms with Crippen molar-refractivity contribution in [2.45, 2.75) is 39.2 Å². The molecule has 3 nitrogen and oxygen atoms in total. The van der Waals surface area contributed by atoms with Crippen molar-refractivity contribution in [1.29, 1.82) is 0 Å². The van der Waals surface area contributed by atoms with Crippen molar-refractivity contribution < 1.29 is 0 Å². The minimum atomic E-state index is 0.0530. The second-order valence-electron chi connectivity index (χ2n) is 4.86. The molecule has 0 aliphatic carbocycles. The maximum atomic E-state index is 5.78. The summed E-state index contributed by atoms with van der Waals surface area (Å²) in [6, 6.07) is 4.54. The van der Waals surface area contributed by atoms with Crippen molar-refractivity contribution in [3.63, 3.8) is 0 Å². The molecule has 0 aliphatic heterocycles. The highest BCUT2D eigenvalue weighted by Gasteiger charge is 2.21. The van der Waals surface area contributed by atoms with Gasteiger partial charge < -0.3 is 11.1 Å². The quantitative estimate of drug-likeness (QED) is 0.626. The number of aliphatic imine (C=N–C) groups is 1. The summed E-state index contributed by atoms with van der Waals surface area (Å²) in [5, 5.41) is 5.19. The largest absolute Gasteiger partial charge is 0.370 e. The highest BCUT2D eigenvalue weighted by molar-refractivity contribution is 7.10. The third kappa shape index (κ3) is 3.85. The molecule has 1 aromatic heterocycles. The number of nitrogens with zero attached hydrogens (tertiary/aromatic N) is 1. The summed E-state index contributed by atoms with van der Waals surface area (Å²) in [5.74, 6) is 0.527. The van der Waals surface area contributed by atoms with Gasteiger partial charge in [-0.05, 0) is 25.3 Å². The average molecular weight is 239 g/mol. The van der Waals surface area contributed by atoms with Gasteiger partial charge in [0.05, 0.1) is 6.54 Å². The lowest BCUT2D eigenvalue weighted by atomic mass is 9.92. The summed E-state index contributed by atoms with van der Waals surface area (Å²) in [4.78, 5) is 5.72. The predicted molar refractivity (Wildman–Crippen MR) is 72.1 cm³/mol. The zero-order valence-electron chi connectivity index (χ0n) is 10.4. The van der Waals surface area contributed by atoms with Crippen LogP contribution >= 0.6 is 11.3 Å². The smallest absolute Gasteiger partial charge is 0.188 e. The number of nitrogens with two attached hydrogens (primary N) is 1. The summed E-state index contributed by atoms with van der Waals surface area (Å²) in [7, 11) is 0. The van der Waals surface area contributed by atoms with E-state index in [2.05, 4.69) is 41.7 Å². The van der Waals surface area contributed by atoms with Crippen LogP contribution in [0.15, 0.2) is 22.5 Å². The van der Waals surface area contributed by atoms with Gasteiger partial charge in [-0.2, -0.15) is 0 Å². The highest BCUT2D eigenvalue weighted by atomic mass is 32.1. The minimum Gasteiger partial charge on any atom is -0.370 e. The first-order chi connectivity index (χ1) is 7.42. The summed E-state index contributed by atoms with van der Waals surface area (Å²) in [6.07, 6.45) is 0. The highest BCUT2D eigenvalue weighted by Crippen LogP contribution is 2.27. The Balaban J connectivity index is 2.60. The molecule has 0 radical (unpaired) electrons. The van der Waals surface area contributed by atoms with Crippen LogP contribution in [-0.4, -0.2) is 18.5 Å². The van der Waals surface area contributed by atoms with Gasteiger partial charge in [-0.15, -0.1) is 11.3 Å². The second kappa shape index (κ2) is 5.34. The van der Waals surface area contributed by atoms with Crippen LogP contribution in [0.5, 0.6) is 0 Å². The van der Waals surface area contributed by atoms with Crippen LogP contribution in [0.25, 0.3) is 0 Å². The molecule has 1 aromatic rings. The first kappa shape index (κ1) is 13.0. The minimum absolute atomic E-state index is 0.0530. The number of hydrogen-bond donors (Lipinski definition) is 2. The summed E-state index contributed by atoms with van der Waals surface area (Å²) >= 11 is 1.76. The predicted octanol–water partition coefficient (Wildman–Crippen LogP) is 2.34. The van der Waals surface area contributed by atoms with Crippen LogP contribution in [-0.2, 0) is 5.41 Å². The van der Waals surface area contributed by atoms with E-state index in [0.717, 1.165) is 0 Å². The number of thiophene rings is 1. The first-order valence-electron chi connectivity index (χ1n) is 5.52. The van der Waals surface area contributed by atoms with Crippen molar-refractivity contribution >= 4 is 17.3 Å². The summed E-state index contributed by atoms with van der Waals surface area (Å²) in [5.41, 5.74) is 5.83. The van der Waals surface area contributed by atoms with Crippen molar-refractivity contribution in [2.24, 2.45) is 10.7 Å². The van der Waals surface area contributed by atoms with E-state index in [1.807, 2.05) is 13.8 Å². The normalized spacial score (nSPS) is 13.2. The molecular formula is C12H21N3S. The van der Waals surface area contributed by atoms with E-state index in [-0.39, 0.29) is 5.41 Å². The molecule has 90 valence electrons. The van der Waals surface area contributed by atoms with Gasteiger partial charge in [-0.1, -0.05) is 19.9 Å². The van der Waals surface area contributed by atoms with E-state index < -0.39 is 0 Å². The second-order valence-corrected chi connectivity index (χ2v) is 5.81. The molecular weight excluding hydrogens is 218 g/mol. The molecule has 0 unspecified atom stereocenters. The number of guanidine groups is 1. The van der Waals surface area contributed by atoms with E-state index >= 15 is 0 Å². The maximum absolute atomic E-state index is 5.78. The number of hydrogen-bond acceptors (Lipinski definition) is 2. The van der Waals surface area contributed by atoms with E-state index in [1.165, 1.54) is 4.88 Å². The van der Waals surface area contributed by atoms with Gasteiger partial charge in [-0.3, -0.25) is 4.99 Å². The maximum Gasteiger partial charge on any atom is 0.188 e. The van der Waals surface area contributed by atoms with Crippen LogP contribution in [0, 0.1) is 0 Å². The molecule has 4 heteroatoms. The first-order valence-corrected chi connectivity index (χ1v) is 6.40. The monoisotopic (exact) mass is 239 g/mol. The van der Waals surface area contributed by atoms with Crippen LogP contribution in [0.4, 0.5) is 0 Å². The Kier molecular flexibility index (Phi) is 4.35. The van der Waals surface area contributed by atoms with Gasteiger partial charge in [0.25, 0.3) is 0 Å². The Morgan fingerprint density at radius 3 is 2.75 bits per heavy atom. The Labute approximate surface area is 102 Å². The zero-order valence-corrected chi connectivity index (χ0v) is 11.3. The van der Waals surface area contributed by atoms with Crippen LogP contribution in [0.1, 0.15) is 32.6 Å². The van der Waals surface area contributed by atoms with Crippen molar-refractivity contribution in [1.82, 2.24) is 5.32 Å². The summed E-state index contributed by atoms with van der Waals surface area (Å²) < 4.78 is 0. The van der Waals surface area contributed by atoms with Crippen LogP contribution < -0.4 is 11.1 Å². The Morgan fingerprint density at radius 2 is 2.25 bits per heavy atom. The fourth-order valence-corrected chi connectivity index (χ4v) is 2.21. The van der Waals surface area contributed by atoms with E-state index in [0.29, 0.717) is 18.5 Å². The molecule has 0 aromatic carbocycles. The van der Waals surface area contributed by atoms with Gasteiger partial charge in [0, 0.05) is 16.3 Å². The molecule has 1 heterocycles. The standard InChI is InChI=1S/C12H21N3S/c1-9(2)15-11(13)14-8-12(3,4)10-6-5-7-16-10/h5-7,9H,8H2,1-4H3,(H3,13,14,15). The van der Waals surface area contributed by atoms with Crippen LogP contribution in [0.2, 0.25) is 0 Å². The number of nitrogens with one attached hydrogen (secondary N) is 1.